The smallest absolute Gasteiger partial charge is 0.269 e. The average molecular weight is 398 g/mol. The monoisotopic (exact) mass is 398 g/mol. The Morgan fingerprint density at radius 1 is 0.966 bits per heavy atom. The van der Waals surface area contributed by atoms with E-state index in [0.717, 1.165) is 18.8 Å². The highest BCUT2D eigenvalue weighted by Crippen LogP contribution is 2.20. The zero-order valence-corrected chi connectivity index (χ0v) is 16.8. The van der Waals surface area contributed by atoms with Gasteiger partial charge in [-0.3, -0.25) is 20.4 Å². The Labute approximate surface area is 171 Å². The van der Waals surface area contributed by atoms with Gasteiger partial charge in [0.05, 0.1) is 13.0 Å². The van der Waals surface area contributed by atoms with Crippen LogP contribution in [0.5, 0.6) is 11.5 Å². The standard InChI is InChI=1S/C22H27N3O4/c1-16-14-25(15-17(2)28-16)13-12-21(26)23-24-22(27)18-8-10-20(11-9-18)29-19-6-4-3-5-7-19/h3-11,16-17H,12-15H2,1-2H3,(H,23,26)(H,24,27)/p+1/t16-,17+. The lowest BCUT2D eigenvalue weighted by Crippen LogP contribution is -3.15. The van der Waals surface area contributed by atoms with Crippen LogP contribution in [0.2, 0.25) is 0 Å². The predicted molar refractivity (Wildman–Crippen MR) is 109 cm³/mol. The van der Waals surface area contributed by atoms with E-state index in [2.05, 4.69) is 10.9 Å². The second kappa shape index (κ2) is 10.0. The van der Waals surface area contributed by atoms with E-state index < -0.39 is 0 Å². The van der Waals surface area contributed by atoms with Crippen molar-refractivity contribution in [3.63, 3.8) is 0 Å². The zero-order chi connectivity index (χ0) is 20.6. The normalized spacial score (nSPS) is 21.2. The first-order valence-electron chi connectivity index (χ1n) is 9.91. The fourth-order valence-electron chi connectivity index (χ4n) is 3.44. The van der Waals surface area contributed by atoms with Gasteiger partial charge >= 0.3 is 0 Å². The van der Waals surface area contributed by atoms with Crippen molar-refractivity contribution in [1.29, 1.82) is 0 Å². The largest absolute Gasteiger partial charge is 0.457 e. The number of benzene rings is 2. The Bertz CT molecular complexity index is 801. The number of hydrogen-bond acceptors (Lipinski definition) is 4. The van der Waals surface area contributed by atoms with Crippen LogP contribution in [0.1, 0.15) is 30.6 Å². The molecule has 3 N–H and O–H groups in total. The third-order valence-corrected chi connectivity index (χ3v) is 4.73. The van der Waals surface area contributed by atoms with E-state index in [4.69, 9.17) is 9.47 Å². The molecule has 0 saturated carbocycles. The fourth-order valence-corrected chi connectivity index (χ4v) is 3.44. The maximum Gasteiger partial charge on any atom is 0.269 e. The van der Waals surface area contributed by atoms with Gasteiger partial charge in [-0.25, -0.2) is 0 Å². The summed E-state index contributed by atoms with van der Waals surface area (Å²) < 4.78 is 11.4. The van der Waals surface area contributed by atoms with Crippen molar-refractivity contribution in [2.24, 2.45) is 0 Å². The maximum absolute atomic E-state index is 12.2. The molecule has 1 heterocycles. The van der Waals surface area contributed by atoms with E-state index in [1.165, 1.54) is 4.90 Å². The van der Waals surface area contributed by atoms with Crippen molar-refractivity contribution in [3.8, 4) is 11.5 Å². The highest BCUT2D eigenvalue weighted by Gasteiger charge is 2.25. The summed E-state index contributed by atoms with van der Waals surface area (Å²) in [5, 5.41) is 0. The maximum atomic E-state index is 12.2. The molecule has 1 fully saturated rings. The Morgan fingerprint density at radius 3 is 2.24 bits per heavy atom. The van der Waals surface area contributed by atoms with Gasteiger partial charge in [-0.1, -0.05) is 18.2 Å². The molecule has 0 aromatic heterocycles. The molecule has 3 rings (SSSR count). The third-order valence-electron chi connectivity index (χ3n) is 4.73. The number of carbonyl (C=O) groups excluding carboxylic acids is 2. The second-order valence-electron chi connectivity index (χ2n) is 7.36. The van der Waals surface area contributed by atoms with Gasteiger partial charge in [0.15, 0.2) is 0 Å². The lowest BCUT2D eigenvalue weighted by Gasteiger charge is -2.32. The third kappa shape index (κ3) is 6.58. The Hall–Kier alpha value is -2.90. The van der Waals surface area contributed by atoms with Crippen LogP contribution in [0.4, 0.5) is 0 Å². The molecule has 3 atom stereocenters. The Balaban J connectivity index is 1.41. The topological polar surface area (TPSA) is 81.1 Å². The van der Waals surface area contributed by atoms with Crippen LogP contribution in [0.25, 0.3) is 0 Å². The summed E-state index contributed by atoms with van der Waals surface area (Å²) in [5.41, 5.74) is 5.38. The first-order chi connectivity index (χ1) is 14.0. The number of nitrogens with one attached hydrogen (secondary N) is 3. The lowest BCUT2D eigenvalue weighted by atomic mass is 10.2. The molecule has 2 amide bonds. The van der Waals surface area contributed by atoms with E-state index in [1.807, 2.05) is 44.2 Å². The first kappa shape index (κ1) is 20.8. The lowest BCUT2D eigenvalue weighted by molar-refractivity contribution is -0.914. The molecule has 0 radical (unpaired) electrons. The Kier molecular flexibility index (Phi) is 7.21. The molecule has 0 spiro atoms. The number of hydrogen-bond donors (Lipinski definition) is 3. The van der Waals surface area contributed by atoms with Gasteiger partial charge in [0.2, 0.25) is 5.91 Å². The number of rotatable bonds is 6. The number of hydrazine groups is 1. The first-order valence-corrected chi connectivity index (χ1v) is 9.91. The van der Waals surface area contributed by atoms with Gasteiger partial charge in [-0.05, 0) is 50.2 Å². The minimum atomic E-state index is -0.370. The van der Waals surface area contributed by atoms with Gasteiger partial charge in [0.25, 0.3) is 5.91 Å². The molecule has 154 valence electrons. The van der Waals surface area contributed by atoms with Crippen LogP contribution in [0.3, 0.4) is 0 Å². The number of amides is 2. The summed E-state index contributed by atoms with van der Waals surface area (Å²) >= 11 is 0. The van der Waals surface area contributed by atoms with Gasteiger partial charge in [-0.15, -0.1) is 0 Å². The molecule has 7 heteroatoms. The highest BCUT2D eigenvalue weighted by atomic mass is 16.5. The molecule has 0 bridgehead atoms. The van der Waals surface area contributed by atoms with E-state index in [0.29, 0.717) is 24.3 Å². The van der Waals surface area contributed by atoms with Crippen molar-refractivity contribution in [1.82, 2.24) is 10.9 Å². The molecule has 1 saturated heterocycles. The summed E-state index contributed by atoms with van der Waals surface area (Å²) in [6, 6.07) is 16.1. The van der Waals surface area contributed by atoms with Gasteiger partial charge in [-0.2, -0.15) is 0 Å². The van der Waals surface area contributed by atoms with Crippen molar-refractivity contribution in [3.05, 3.63) is 60.2 Å². The predicted octanol–water partition coefficient (Wildman–Crippen LogP) is 1.32. The molecule has 0 aliphatic carbocycles. The fraction of sp³-hybridized carbons (Fsp3) is 0.364. The van der Waals surface area contributed by atoms with E-state index in [9.17, 15) is 9.59 Å². The van der Waals surface area contributed by atoms with Crippen LogP contribution in [0.15, 0.2) is 54.6 Å². The summed E-state index contributed by atoms with van der Waals surface area (Å²) in [4.78, 5) is 25.6. The molecule has 2 aromatic rings. The minimum Gasteiger partial charge on any atom is -0.457 e. The van der Waals surface area contributed by atoms with Crippen molar-refractivity contribution in [2.75, 3.05) is 19.6 Å². The SMILES string of the molecule is C[C@@H]1C[NH+](CCC(=O)NNC(=O)c2ccc(Oc3ccccc3)cc2)C[C@H](C)O1. The molecule has 2 aromatic carbocycles. The highest BCUT2D eigenvalue weighted by molar-refractivity contribution is 5.95. The summed E-state index contributed by atoms with van der Waals surface area (Å²) in [6.45, 7) is 6.59. The van der Waals surface area contributed by atoms with Crippen molar-refractivity contribution < 1.29 is 24.0 Å². The molecule has 7 nitrogen and oxygen atoms in total. The van der Waals surface area contributed by atoms with E-state index in [-0.39, 0.29) is 24.0 Å². The van der Waals surface area contributed by atoms with Gasteiger partial charge in [0.1, 0.15) is 36.8 Å². The molecular formula is C22H28N3O4+. The number of para-hydroxylation sites is 1. The molecular weight excluding hydrogens is 370 g/mol. The van der Waals surface area contributed by atoms with Gasteiger partial charge in [0, 0.05) is 5.56 Å². The number of morpholine rings is 1. The zero-order valence-electron chi connectivity index (χ0n) is 16.8. The van der Waals surface area contributed by atoms with Crippen LogP contribution in [0, 0.1) is 0 Å². The van der Waals surface area contributed by atoms with Crippen LogP contribution < -0.4 is 20.5 Å². The van der Waals surface area contributed by atoms with Crippen molar-refractivity contribution in [2.45, 2.75) is 32.5 Å². The van der Waals surface area contributed by atoms with E-state index >= 15 is 0 Å². The number of carbonyl (C=O) groups is 2. The summed E-state index contributed by atoms with van der Waals surface area (Å²) in [5.74, 6) is 0.782. The molecule has 1 unspecified atom stereocenters. The molecule has 29 heavy (non-hydrogen) atoms. The van der Waals surface area contributed by atoms with Crippen LogP contribution in [-0.2, 0) is 9.53 Å². The molecule has 1 aliphatic rings. The molecule has 1 aliphatic heterocycles. The number of ether oxygens (including phenoxy) is 2. The van der Waals surface area contributed by atoms with Gasteiger partial charge < -0.3 is 14.4 Å². The second-order valence-corrected chi connectivity index (χ2v) is 7.36. The Morgan fingerprint density at radius 2 is 1.59 bits per heavy atom. The average Bonchev–Trinajstić information content (AvgIpc) is 2.71. The van der Waals surface area contributed by atoms with E-state index in [1.54, 1.807) is 24.3 Å². The van der Waals surface area contributed by atoms with Crippen molar-refractivity contribution >= 4 is 11.8 Å². The summed E-state index contributed by atoms with van der Waals surface area (Å²) in [6.07, 6.45) is 0.745. The van der Waals surface area contributed by atoms with Crippen LogP contribution in [-0.4, -0.2) is 43.7 Å². The minimum absolute atomic E-state index is 0.199. The van der Waals surface area contributed by atoms with Crippen LogP contribution >= 0.6 is 0 Å². The number of quaternary nitrogens is 1. The summed E-state index contributed by atoms with van der Waals surface area (Å²) in [7, 11) is 0. The quantitative estimate of drug-likeness (QED) is 0.641.